The van der Waals surface area contributed by atoms with Crippen LogP contribution in [-0.2, 0) is 7.05 Å². The number of carbonyl (C=O) groups excluding carboxylic acids is 1. The highest BCUT2D eigenvalue weighted by molar-refractivity contribution is 5.85. The van der Waals surface area contributed by atoms with Gasteiger partial charge in [0.2, 0.25) is 0 Å². The lowest BCUT2D eigenvalue weighted by molar-refractivity contribution is 0.112. The van der Waals surface area contributed by atoms with E-state index in [1.54, 1.807) is 18.0 Å². The molecule has 0 saturated heterocycles. The molecule has 0 aliphatic heterocycles. The van der Waals surface area contributed by atoms with Crippen molar-refractivity contribution in [2.45, 2.75) is 6.92 Å². The molecule has 2 rings (SSSR count). The first-order chi connectivity index (χ1) is 8.17. The summed E-state index contributed by atoms with van der Waals surface area (Å²) in [6.45, 7) is 1.97. The minimum atomic E-state index is 0.595. The Hall–Kier alpha value is -2.10. The van der Waals surface area contributed by atoms with Gasteiger partial charge in [-0.15, -0.1) is 0 Å². The zero-order chi connectivity index (χ0) is 12.4. The normalized spacial score (nSPS) is 10.3. The van der Waals surface area contributed by atoms with Crippen LogP contribution in [0.4, 0.5) is 0 Å². The highest BCUT2D eigenvalue weighted by atomic mass is 16.5. The number of hydrogen-bond acceptors (Lipinski definition) is 3. The molecule has 0 aliphatic rings. The predicted molar refractivity (Wildman–Crippen MR) is 65.3 cm³/mol. The van der Waals surface area contributed by atoms with Gasteiger partial charge in [-0.25, -0.2) is 0 Å². The second kappa shape index (κ2) is 4.41. The average Bonchev–Trinajstić information content (AvgIpc) is 2.70. The summed E-state index contributed by atoms with van der Waals surface area (Å²) in [5.41, 5.74) is 3.41. The van der Waals surface area contributed by atoms with Gasteiger partial charge >= 0.3 is 0 Å². The Bertz CT molecular complexity index is 559. The molecule has 0 radical (unpaired) electrons. The van der Waals surface area contributed by atoms with Gasteiger partial charge in [-0.3, -0.25) is 9.48 Å². The molecule has 0 aliphatic carbocycles. The number of aromatic nitrogens is 2. The Morgan fingerprint density at radius 2 is 2.18 bits per heavy atom. The van der Waals surface area contributed by atoms with E-state index in [1.165, 1.54) is 0 Å². The summed E-state index contributed by atoms with van der Waals surface area (Å²) in [6, 6.07) is 5.81. The second-order valence-electron chi connectivity index (χ2n) is 3.87. The van der Waals surface area contributed by atoms with Gasteiger partial charge in [0.05, 0.1) is 24.6 Å². The Morgan fingerprint density at radius 1 is 1.41 bits per heavy atom. The van der Waals surface area contributed by atoms with Crippen molar-refractivity contribution in [3.05, 3.63) is 35.5 Å². The first-order valence-electron chi connectivity index (χ1n) is 5.29. The number of aldehydes is 1. The number of nitrogens with zero attached hydrogens (tertiary/aromatic N) is 2. The zero-order valence-corrected chi connectivity index (χ0v) is 10.1. The molecular formula is C13H14N2O2. The lowest BCUT2D eigenvalue weighted by Gasteiger charge is -2.08. The van der Waals surface area contributed by atoms with E-state index in [-0.39, 0.29) is 0 Å². The van der Waals surface area contributed by atoms with E-state index in [9.17, 15) is 4.79 Å². The molecule has 0 amide bonds. The highest BCUT2D eigenvalue weighted by Crippen LogP contribution is 2.27. The summed E-state index contributed by atoms with van der Waals surface area (Å²) in [5, 5.41) is 4.09. The Labute approximate surface area is 99.8 Å². The molecule has 1 aromatic carbocycles. The third-order valence-electron chi connectivity index (χ3n) is 2.76. The van der Waals surface area contributed by atoms with Gasteiger partial charge in [-0.05, 0) is 30.7 Å². The number of hydrogen-bond donors (Lipinski definition) is 0. The lowest BCUT2D eigenvalue weighted by Crippen LogP contribution is -1.96. The van der Waals surface area contributed by atoms with Crippen molar-refractivity contribution in [2.24, 2.45) is 7.05 Å². The van der Waals surface area contributed by atoms with E-state index < -0.39 is 0 Å². The van der Waals surface area contributed by atoms with Crippen LogP contribution in [0.5, 0.6) is 5.75 Å². The van der Waals surface area contributed by atoms with Crippen molar-refractivity contribution in [1.29, 1.82) is 0 Å². The predicted octanol–water partition coefficient (Wildman–Crippen LogP) is 2.22. The number of carbonyl (C=O) groups is 1. The number of rotatable bonds is 3. The summed E-state index contributed by atoms with van der Waals surface area (Å²) in [5.74, 6) is 0.837. The molecule has 0 unspecified atom stereocenters. The van der Waals surface area contributed by atoms with Crippen LogP contribution in [0.25, 0.3) is 11.3 Å². The minimum absolute atomic E-state index is 0.595. The molecule has 2 aromatic rings. The first kappa shape index (κ1) is 11.4. The second-order valence-corrected chi connectivity index (χ2v) is 3.87. The summed E-state index contributed by atoms with van der Waals surface area (Å²) < 4.78 is 6.91. The fraction of sp³-hybridized carbons (Fsp3) is 0.231. The number of methoxy groups -OCH3 is 1. The molecule has 17 heavy (non-hydrogen) atoms. The number of aryl methyl sites for hydroxylation is 2. The molecular weight excluding hydrogens is 216 g/mol. The van der Waals surface area contributed by atoms with Gasteiger partial charge in [0.25, 0.3) is 0 Å². The van der Waals surface area contributed by atoms with Gasteiger partial charge in [-0.1, -0.05) is 0 Å². The maximum atomic E-state index is 10.9. The molecule has 0 atom stereocenters. The molecule has 0 spiro atoms. The van der Waals surface area contributed by atoms with E-state index in [0.717, 1.165) is 28.9 Å². The van der Waals surface area contributed by atoms with Crippen LogP contribution in [0.15, 0.2) is 24.4 Å². The smallest absolute Gasteiger partial charge is 0.153 e. The lowest BCUT2D eigenvalue weighted by atomic mass is 10.1. The topological polar surface area (TPSA) is 44.1 Å². The number of ether oxygens (including phenoxy) is 1. The van der Waals surface area contributed by atoms with Crippen molar-refractivity contribution in [1.82, 2.24) is 9.78 Å². The Kier molecular flexibility index (Phi) is 2.95. The Morgan fingerprint density at radius 3 is 2.76 bits per heavy atom. The van der Waals surface area contributed by atoms with Gasteiger partial charge in [0, 0.05) is 12.6 Å². The molecule has 0 N–H and O–H groups in total. The molecule has 0 bridgehead atoms. The molecule has 0 saturated carbocycles. The maximum Gasteiger partial charge on any atom is 0.153 e. The monoisotopic (exact) mass is 230 g/mol. The van der Waals surface area contributed by atoms with Crippen LogP contribution in [0.3, 0.4) is 0 Å². The van der Waals surface area contributed by atoms with Crippen LogP contribution < -0.4 is 4.74 Å². The van der Waals surface area contributed by atoms with E-state index in [0.29, 0.717) is 5.56 Å². The third-order valence-corrected chi connectivity index (χ3v) is 2.76. The Balaban J connectivity index is 2.56. The van der Waals surface area contributed by atoms with Crippen molar-refractivity contribution in [3.8, 4) is 17.0 Å². The van der Waals surface area contributed by atoms with E-state index in [4.69, 9.17) is 4.74 Å². The van der Waals surface area contributed by atoms with Gasteiger partial charge < -0.3 is 4.74 Å². The number of benzene rings is 1. The highest BCUT2D eigenvalue weighted by Gasteiger charge is 2.11. The van der Waals surface area contributed by atoms with Crippen LogP contribution >= 0.6 is 0 Å². The zero-order valence-electron chi connectivity index (χ0n) is 10.1. The van der Waals surface area contributed by atoms with Crippen molar-refractivity contribution in [2.75, 3.05) is 7.11 Å². The fourth-order valence-electron chi connectivity index (χ4n) is 1.92. The molecule has 1 aromatic heterocycles. The van der Waals surface area contributed by atoms with Crippen LogP contribution in [0, 0.1) is 6.92 Å². The average molecular weight is 230 g/mol. The van der Waals surface area contributed by atoms with E-state index >= 15 is 0 Å². The van der Waals surface area contributed by atoms with Crippen LogP contribution in [-0.4, -0.2) is 23.2 Å². The minimum Gasteiger partial charge on any atom is -0.496 e. The fourth-order valence-corrected chi connectivity index (χ4v) is 1.92. The van der Waals surface area contributed by atoms with Crippen molar-refractivity contribution >= 4 is 6.29 Å². The molecule has 1 heterocycles. The maximum absolute atomic E-state index is 10.9. The third kappa shape index (κ3) is 1.93. The molecule has 0 fully saturated rings. The summed E-state index contributed by atoms with van der Waals surface area (Å²) in [6.07, 6.45) is 2.39. The first-order valence-corrected chi connectivity index (χ1v) is 5.29. The summed E-state index contributed by atoms with van der Waals surface area (Å²) in [7, 11) is 3.46. The van der Waals surface area contributed by atoms with E-state index in [2.05, 4.69) is 5.10 Å². The standard InChI is InChI=1S/C13H14N2O2/c1-9-6-10(4-5-12(9)17-3)13-11(8-16)7-14-15(13)2/h4-8H,1-3H3. The van der Waals surface area contributed by atoms with Crippen LogP contribution in [0.2, 0.25) is 0 Å². The molecule has 4 heteroatoms. The van der Waals surface area contributed by atoms with Gasteiger partial charge in [0.15, 0.2) is 6.29 Å². The largest absolute Gasteiger partial charge is 0.496 e. The quantitative estimate of drug-likeness (QED) is 0.759. The molecule has 88 valence electrons. The van der Waals surface area contributed by atoms with Crippen molar-refractivity contribution in [3.63, 3.8) is 0 Å². The summed E-state index contributed by atoms with van der Waals surface area (Å²) in [4.78, 5) is 10.9. The molecule has 4 nitrogen and oxygen atoms in total. The van der Waals surface area contributed by atoms with Gasteiger partial charge in [0.1, 0.15) is 5.75 Å². The summed E-state index contributed by atoms with van der Waals surface area (Å²) >= 11 is 0. The van der Waals surface area contributed by atoms with Crippen molar-refractivity contribution < 1.29 is 9.53 Å². The van der Waals surface area contributed by atoms with Gasteiger partial charge in [-0.2, -0.15) is 5.10 Å². The van der Waals surface area contributed by atoms with Crippen LogP contribution in [0.1, 0.15) is 15.9 Å². The van der Waals surface area contributed by atoms with E-state index in [1.807, 2.05) is 32.2 Å². The SMILES string of the molecule is COc1ccc(-c2c(C=O)cnn2C)cc1C.